The molecular weight excluding hydrogens is 761 g/mol. The van der Waals surface area contributed by atoms with Crippen LogP contribution in [0, 0.1) is 0 Å². The van der Waals surface area contributed by atoms with Crippen molar-refractivity contribution < 1.29 is 8.83 Å². The van der Waals surface area contributed by atoms with E-state index in [4.69, 9.17) is 28.8 Å². The van der Waals surface area contributed by atoms with Crippen LogP contribution in [0.3, 0.4) is 0 Å². The lowest BCUT2D eigenvalue weighted by Crippen LogP contribution is -2.01. The Labute approximate surface area is 354 Å². The predicted molar refractivity (Wildman–Crippen MR) is 252 cm³/mol. The van der Waals surface area contributed by atoms with Crippen LogP contribution in [0.1, 0.15) is 0 Å². The molecule has 6 nitrogen and oxygen atoms in total. The first-order chi connectivity index (χ1) is 30.7. The second-order valence-corrected chi connectivity index (χ2v) is 15.7. The molecular formula is C56H32N4O2. The highest BCUT2D eigenvalue weighted by molar-refractivity contribution is 6.28. The summed E-state index contributed by atoms with van der Waals surface area (Å²) in [6.07, 6.45) is 0. The number of hydrogen-bond acceptors (Lipinski definition) is 6. The largest absolute Gasteiger partial charge is 0.456 e. The first-order valence-corrected chi connectivity index (χ1v) is 20.7. The first-order valence-electron chi connectivity index (χ1n) is 20.7. The Balaban J connectivity index is 1.02. The van der Waals surface area contributed by atoms with Crippen molar-refractivity contribution in [2.75, 3.05) is 0 Å². The molecule has 0 fully saturated rings. The van der Waals surface area contributed by atoms with Gasteiger partial charge in [0.15, 0.2) is 17.5 Å². The number of pyridine rings is 1. The molecule has 0 saturated heterocycles. The van der Waals surface area contributed by atoms with Gasteiger partial charge in [-0.3, -0.25) is 0 Å². The van der Waals surface area contributed by atoms with Gasteiger partial charge in [0.25, 0.3) is 0 Å². The van der Waals surface area contributed by atoms with Gasteiger partial charge in [0.2, 0.25) is 0 Å². The van der Waals surface area contributed by atoms with Crippen LogP contribution >= 0.6 is 0 Å². The number of aromatic nitrogens is 4. The van der Waals surface area contributed by atoms with Crippen molar-refractivity contribution in [3.05, 3.63) is 194 Å². The van der Waals surface area contributed by atoms with Crippen LogP contribution in [0.25, 0.3) is 133 Å². The van der Waals surface area contributed by atoms with Crippen molar-refractivity contribution in [3.63, 3.8) is 0 Å². The average molecular weight is 793 g/mol. The monoisotopic (exact) mass is 792 g/mol. The van der Waals surface area contributed by atoms with Gasteiger partial charge in [0, 0.05) is 54.4 Å². The number of benzene rings is 9. The fourth-order valence-corrected chi connectivity index (χ4v) is 9.29. The van der Waals surface area contributed by atoms with Crippen LogP contribution in [0.15, 0.2) is 203 Å². The Bertz CT molecular complexity index is 3930. The first kappa shape index (κ1) is 34.4. The van der Waals surface area contributed by atoms with Crippen LogP contribution in [0.5, 0.6) is 0 Å². The van der Waals surface area contributed by atoms with E-state index in [2.05, 4.69) is 127 Å². The summed E-state index contributed by atoms with van der Waals surface area (Å²) in [5.74, 6) is 1.73. The molecule has 4 aromatic heterocycles. The summed E-state index contributed by atoms with van der Waals surface area (Å²) < 4.78 is 13.1. The third-order valence-electron chi connectivity index (χ3n) is 12.1. The smallest absolute Gasteiger partial charge is 0.167 e. The molecule has 0 bridgehead atoms. The Morgan fingerprint density at radius 1 is 0.290 bits per heavy atom. The molecule has 0 aliphatic heterocycles. The van der Waals surface area contributed by atoms with E-state index in [1.165, 1.54) is 0 Å². The van der Waals surface area contributed by atoms with E-state index < -0.39 is 0 Å². The number of furan rings is 2. The van der Waals surface area contributed by atoms with E-state index in [9.17, 15) is 0 Å². The number of para-hydroxylation sites is 3. The molecule has 0 N–H and O–H groups in total. The minimum Gasteiger partial charge on any atom is -0.456 e. The minimum absolute atomic E-state index is 0.550. The molecule has 9 aromatic carbocycles. The third kappa shape index (κ3) is 5.30. The second kappa shape index (κ2) is 13.5. The maximum Gasteiger partial charge on any atom is 0.167 e. The van der Waals surface area contributed by atoms with Crippen LogP contribution < -0.4 is 0 Å². The molecule has 288 valence electrons. The van der Waals surface area contributed by atoms with Gasteiger partial charge in [0.1, 0.15) is 22.3 Å². The van der Waals surface area contributed by atoms with Gasteiger partial charge in [-0.25, -0.2) is 19.9 Å². The van der Waals surface area contributed by atoms with E-state index in [0.717, 1.165) is 115 Å². The fourth-order valence-electron chi connectivity index (χ4n) is 9.29. The van der Waals surface area contributed by atoms with Crippen LogP contribution in [-0.2, 0) is 0 Å². The van der Waals surface area contributed by atoms with Crippen LogP contribution in [0.2, 0.25) is 0 Å². The summed E-state index contributed by atoms with van der Waals surface area (Å²) in [7, 11) is 0. The van der Waals surface area contributed by atoms with E-state index in [1.54, 1.807) is 0 Å². The molecule has 4 heterocycles. The number of rotatable bonds is 5. The average Bonchev–Trinajstić information content (AvgIpc) is 3.92. The summed E-state index contributed by atoms with van der Waals surface area (Å²) >= 11 is 0. The summed E-state index contributed by atoms with van der Waals surface area (Å²) in [6, 6.07) is 66.8. The predicted octanol–water partition coefficient (Wildman–Crippen LogP) is 14.9. The summed E-state index contributed by atoms with van der Waals surface area (Å²) in [5, 5.41) is 9.67. The third-order valence-corrected chi connectivity index (χ3v) is 12.1. The van der Waals surface area contributed by atoms with Gasteiger partial charge in [-0.2, -0.15) is 0 Å². The molecule has 0 unspecified atom stereocenters. The molecule has 0 aliphatic rings. The molecule has 0 atom stereocenters. The Morgan fingerprint density at radius 2 is 0.903 bits per heavy atom. The molecule has 13 rings (SSSR count). The summed E-state index contributed by atoms with van der Waals surface area (Å²) in [5.41, 5.74) is 11.1. The fraction of sp³-hybridized carbons (Fsp3) is 0. The van der Waals surface area contributed by atoms with Crippen molar-refractivity contribution in [3.8, 4) is 56.5 Å². The topological polar surface area (TPSA) is 77.8 Å². The van der Waals surface area contributed by atoms with E-state index in [-0.39, 0.29) is 0 Å². The molecule has 62 heavy (non-hydrogen) atoms. The quantitative estimate of drug-likeness (QED) is 0.162. The highest BCUT2D eigenvalue weighted by Gasteiger charge is 2.21. The number of hydrogen-bond donors (Lipinski definition) is 0. The normalized spacial score (nSPS) is 11.9. The van der Waals surface area contributed by atoms with Gasteiger partial charge in [-0.1, -0.05) is 146 Å². The Morgan fingerprint density at radius 3 is 1.73 bits per heavy atom. The Kier molecular flexibility index (Phi) is 7.50. The lowest BCUT2D eigenvalue weighted by Gasteiger charge is -2.13. The van der Waals surface area contributed by atoms with Gasteiger partial charge < -0.3 is 8.83 Å². The van der Waals surface area contributed by atoms with Crippen molar-refractivity contribution in [2.24, 2.45) is 0 Å². The zero-order valence-corrected chi connectivity index (χ0v) is 33.1. The minimum atomic E-state index is 0.550. The maximum absolute atomic E-state index is 6.60. The van der Waals surface area contributed by atoms with Crippen molar-refractivity contribution >= 4 is 76.3 Å². The molecule has 0 radical (unpaired) electrons. The molecule has 0 aliphatic carbocycles. The van der Waals surface area contributed by atoms with Gasteiger partial charge in [-0.15, -0.1) is 0 Å². The lowest BCUT2D eigenvalue weighted by atomic mass is 9.92. The van der Waals surface area contributed by atoms with Crippen molar-refractivity contribution in [2.45, 2.75) is 0 Å². The van der Waals surface area contributed by atoms with Crippen LogP contribution in [-0.4, -0.2) is 19.9 Å². The van der Waals surface area contributed by atoms with Crippen LogP contribution in [0.4, 0.5) is 0 Å². The molecule has 0 spiro atoms. The van der Waals surface area contributed by atoms with Gasteiger partial charge in [0.05, 0.1) is 16.8 Å². The summed E-state index contributed by atoms with van der Waals surface area (Å²) in [4.78, 5) is 20.7. The maximum atomic E-state index is 6.60. The highest BCUT2D eigenvalue weighted by atomic mass is 16.3. The highest BCUT2D eigenvalue weighted by Crippen LogP contribution is 2.44. The van der Waals surface area contributed by atoms with Gasteiger partial charge >= 0.3 is 0 Å². The Hall–Kier alpha value is -8.48. The van der Waals surface area contributed by atoms with E-state index in [1.807, 2.05) is 66.7 Å². The molecule has 0 amide bonds. The van der Waals surface area contributed by atoms with Gasteiger partial charge in [-0.05, 0) is 70.4 Å². The van der Waals surface area contributed by atoms with E-state index in [0.29, 0.717) is 17.5 Å². The summed E-state index contributed by atoms with van der Waals surface area (Å²) in [6.45, 7) is 0. The SMILES string of the molecule is c1ccc(-c2nc(-c3ccc(-c4ccc5oc6ccc7c(-c8ccccc8)nc8ccccc8c7c6c5c4)c4ccccc34)nc(-c3cccc4c3oc3ccccc34)n2)cc1. The zero-order valence-electron chi connectivity index (χ0n) is 33.1. The standard InChI is InChI=1S/C56H32N4O2/c1-3-14-33(15-4-1)52-43-29-31-49-51(50(43)42-21-9-11-24-46(42)57-52)45-32-35(26-30-48(45)61-49)36-27-28-41(38-19-8-7-18-37(36)38)55-58-54(34-16-5-2-6-17-34)59-56(60-55)44-23-13-22-40-39-20-10-12-25-47(39)62-53(40)44/h1-32H. The number of nitrogens with zero attached hydrogens (tertiary/aromatic N) is 4. The van der Waals surface area contributed by atoms with Crippen molar-refractivity contribution in [1.82, 2.24) is 19.9 Å². The number of fused-ring (bicyclic) bond motifs is 11. The van der Waals surface area contributed by atoms with E-state index >= 15 is 0 Å². The molecule has 13 aromatic rings. The zero-order chi connectivity index (χ0) is 40.7. The molecule has 0 saturated carbocycles. The molecule has 6 heteroatoms. The van der Waals surface area contributed by atoms with Crippen molar-refractivity contribution in [1.29, 1.82) is 0 Å². The second-order valence-electron chi connectivity index (χ2n) is 15.7. The lowest BCUT2D eigenvalue weighted by molar-refractivity contribution is 0.669.